The van der Waals surface area contributed by atoms with Crippen LogP contribution >= 0.6 is 0 Å². The maximum absolute atomic E-state index is 12.9. The molecule has 1 unspecified atom stereocenters. The fourth-order valence-corrected chi connectivity index (χ4v) is 3.74. The van der Waals surface area contributed by atoms with Crippen LogP contribution in [0.15, 0.2) is 35.5 Å². The van der Waals surface area contributed by atoms with E-state index in [-0.39, 0.29) is 5.96 Å². The van der Waals surface area contributed by atoms with Crippen LogP contribution in [0, 0.1) is 0 Å². The van der Waals surface area contributed by atoms with Gasteiger partial charge < -0.3 is 15.1 Å². The summed E-state index contributed by atoms with van der Waals surface area (Å²) in [5.41, 5.74) is 2.20. The average molecular weight is 411 g/mol. The highest BCUT2D eigenvalue weighted by molar-refractivity contribution is 5.84. The van der Waals surface area contributed by atoms with Crippen LogP contribution in [0.1, 0.15) is 44.7 Å². The van der Waals surface area contributed by atoms with Gasteiger partial charge in [0.2, 0.25) is 5.96 Å². The Kier molecular flexibility index (Phi) is 8.14. The minimum absolute atomic E-state index is 0.143. The van der Waals surface area contributed by atoms with Gasteiger partial charge in [-0.1, -0.05) is 26.5 Å². The van der Waals surface area contributed by atoms with Crippen LogP contribution < -0.4 is 5.32 Å². The highest BCUT2D eigenvalue weighted by atomic mass is 19.4. The third-order valence-corrected chi connectivity index (χ3v) is 5.69. The normalized spacial score (nSPS) is 17.7. The summed E-state index contributed by atoms with van der Waals surface area (Å²) >= 11 is 0. The molecular formula is C22H33F3N4. The summed E-state index contributed by atoms with van der Waals surface area (Å²) in [5, 5.41) is 2.34. The molecule has 0 bridgehead atoms. The number of benzene rings is 1. The maximum Gasteiger partial charge on any atom is 0.430 e. The van der Waals surface area contributed by atoms with Crippen LogP contribution in [0.25, 0.3) is 0 Å². The lowest BCUT2D eigenvalue weighted by Crippen LogP contribution is -2.41. The van der Waals surface area contributed by atoms with Crippen molar-refractivity contribution in [2.24, 2.45) is 4.99 Å². The van der Waals surface area contributed by atoms with Gasteiger partial charge in [-0.15, -0.1) is 0 Å². The van der Waals surface area contributed by atoms with Crippen LogP contribution in [0.2, 0.25) is 0 Å². The Morgan fingerprint density at radius 2 is 1.72 bits per heavy atom. The molecule has 0 saturated heterocycles. The minimum atomic E-state index is -4.51. The van der Waals surface area contributed by atoms with Gasteiger partial charge in [-0.05, 0) is 69.0 Å². The van der Waals surface area contributed by atoms with Gasteiger partial charge in [0.25, 0.3) is 0 Å². The molecule has 29 heavy (non-hydrogen) atoms. The van der Waals surface area contributed by atoms with Crippen molar-refractivity contribution in [2.75, 3.05) is 26.7 Å². The number of fused-ring (bicyclic) bond motifs is 1. The van der Waals surface area contributed by atoms with Crippen LogP contribution in [0.4, 0.5) is 18.9 Å². The van der Waals surface area contributed by atoms with Gasteiger partial charge in [-0.25, -0.2) is 4.99 Å². The van der Waals surface area contributed by atoms with Crippen molar-refractivity contribution in [2.45, 2.75) is 58.7 Å². The van der Waals surface area contributed by atoms with Gasteiger partial charge in [-0.3, -0.25) is 0 Å². The van der Waals surface area contributed by atoms with Gasteiger partial charge in [0, 0.05) is 19.6 Å². The summed E-state index contributed by atoms with van der Waals surface area (Å²) in [7, 11) is 1.70. The Hall–Kier alpha value is -2.02. The maximum atomic E-state index is 12.9. The number of halogens is 3. The topological polar surface area (TPSA) is 30.9 Å². The fourth-order valence-electron chi connectivity index (χ4n) is 3.74. The van der Waals surface area contributed by atoms with Crippen molar-refractivity contribution in [1.29, 1.82) is 0 Å². The zero-order valence-electron chi connectivity index (χ0n) is 17.9. The lowest BCUT2D eigenvalue weighted by atomic mass is 10.0. The molecule has 1 aliphatic carbocycles. The van der Waals surface area contributed by atoms with E-state index >= 15 is 0 Å². The van der Waals surface area contributed by atoms with E-state index in [9.17, 15) is 13.2 Å². The summed E-state index contributed by atoms with van der Waals surface area (Å²) in [5.74, 6) is 0.143. The number of aryl methyl sites for hydroxylation is 2. The van der Waals surface area contributed by atoms with Crippen LogP contribution in [0.5, 0.6) is 0 Å². The van der Waals surface area contributed by atoms with Crippen molar-refractivity contribution >= 4 is 11.6 Å². The number of nitrogens with one attached hydrogen (secondary N) is 1. The lowest BCUT2D eigenvalue weighted by molar-refractivity contribution is -0.0946. The number of allylic oxidation sites excluding steroid dienone is 1. The summed E-state index contributed by atoms with van der Waals surface area (Å²) in [6.45, 7) is 12.0. The fraction of sp³-hybridized carbons (Fsp3) is 0.591. The average Bonchev–Trinajstić information content (AvgIpc) is 2.89. The first-order valence-corrected chi connectivity index (χ1v) is 10.4. The quantitative estimate of drug-likeness (QED) is 0.412. The molecule has 2 rings (SSSR count). The molecule has 1 N–H and O–H groups in total. The molecule has 0 aromatic heterocycles. The third-order valence-electron chi connectivity index (χ3n) is 5.69. The molecular weight excluding hydrogens is 377 g/mol. The second-order valence-corrected chi connectivity index (χ2v) is 7.46. The summed E-state index contributed by atoms with van der Waals surface area (Å²) in [6.07, 6.45) is -0.309. The van der Waals surface area contributed by atoms with Crippen molar-refractivity contribution in [3.05, 3.63) is 41.6 Å². The van der Waals surface area contributed by atoms with Crippen LogP contribution in [0.3, 0.4) is 0 Å². The monoisotopic (exact) mass is 410 g/mol. The highest BCUT2D eigenvalue weighted by Crippen LogP contribution is 2.28. The zero-order chi connectivity index (χ0) is 21.6. The van der Waals surface area contributed by atoms with E-state index in [1.165, 1.54) is 11.1 Å². The SMILES string of the molecule is C=C(NC(=Nc1ccc2c(c1)CCC(N(CC)CC)CC2)N(C)CC)C(F)(F)F. The Bertz CT molecular complexity index is 723. The summed E-state index contributed by atoms with van der Waals surface area (Å²) in [4.78, 5) is 8.61. The molecule has 0 saturated carbocycles. The van der Waals surface area contributed by atoms with E-state index in [1.807, 2.05) is 19.1 Å². The molecule has 162 valence electrons. The first-order valence-electron chi connectivity index (χ1n) is 10.4. The van der Waals surface area contributed by atoms with Crippen molar-refractivity contribution < 1.29 is 13.2 Å². The van der Waals surface area contributed by atoms with Crippen molar-refractivity contribution in [3.63, 3.8) is 0 Å². The predicted molar refractivity (Wildman–Crippen MR) is 114 cm³/mol. The van der Waals surface area contributed by atoms with Gasteiger partial charge in [0.1, 0.15) is 5.70 Å². The first-order chi connectivity index (χ1) is 13.7. The largest absolute Gasteiger partial charge is 0.430 e. The second-order valence-electron chi connectivity index (χ2n) is 7.46. The molecule has 1 aliphatic rings. The molecule has 0 amide bonds. The summed E-state index contributed by atoms with van der Waals surface area (Å²) < 4.78 is 38.7. The molecule has 0 spiro atoms. The number of guanidine groups is 1. The van der Waals surface area contributed by atoms with Crippen LogP contribution in [-0.4, -0.2) is 54.7 Å². The van der Waals surface area contributed by atoms with E-state index in [1.54, 1.807) is 11.9 Å². The van der Waals surface area contributed by atoms with Crippen molar-refractivity contribution in [3.8, 4) is 0 Å². The highest BCUT2D eigenvalue weighted by Gasteiger charge is 2.33. The Morgan fingerprint density at radius 1 is 1.10 bits per heavy atom. The Labute approximate surface area is 172 Å². The van der Waals surface area contributed by atoms with E-state index < -0.39 is 11.9 Å². The molecule has 1 aromatic carbocycles. The number of hydrogen-bond acceptors (Lipinski definition) is 2. The second kappa shape index (κ2) is 10.1. The third kappa shape index (κ3) is 6.23. The molecule has 4 nitrogen and oxygen atoms in total. The zero-order valence-corrected chi connectivity index (χ0v) is 17.9. The smallest absolute Gasteiger partial charge is 0.346 e. The first kappa shape index (κ1) is 23.3. The predicted octanol–water partition coefficient (Wildman–Crippen LogP) is 4.88. The molecule has 7 heteroatoms. The number of nitrogens with zero attached hydrogens (tertiary/aromatic N) is 3. The summed E-state index contributed by atoms with van der Waals surface area (Å²) in [6, 6.07) is 6.54. The number of alkyl halides is 3. The van der Waals surface area contributed by atoms with E-state index in [4.69, 9.17) is 0 Å². The lowest BCUT2D eigenvalue weighted by Gasteiger charge is -2.28. The standard InChI is InChI=1S/C22H33F3N4/c1-6-28(5)21(26-16(4)22(23,24)25)27-19-12-9-17-10-13-20(29(7-2)8-3)14-11-18(17)15-19/h9,12,15,20H,4,6-8,10-11,13-14H2,1-3,5H3,(H,26,27). The van der Waals surface area contributed by atoms with Gasteiger partial charge in [-0.2, -0.15) is 13.2 Å². The molecule has 0 heterocycles. The molecule has 0 radical (unpaired) electrons. The van der Waals surface area contributed by atoms with Gasteiger partial charge in [0.05, 0.1) is 5.69 Å². The van der Waals surface area contributed by atoms with Crippen molar-refractivity contribution in [1.82, 2.24) is 15.1 Å². The van der Waals surface area contributed by atoms with Crippen LogP contribution in [-0.2, 0) is 12.8 Å². The Balaban J connectivity index is 2.24. The Morgan fingerprint density at radius 3 is 2.28 bits per heavy atom. The number of rotatable bonds is 6. The minimum Gasteiger partial charge on any atom is -0.346 e. The number of aliphatic imine (C=N–C) groups is 1. The molecule has 1 atom stereocenters. The van der Waals surface area contributed by atoms with Gasteiger partial charge in [0.15, 0.2) is 0 Å². The van der Waals surface area contributed by atoms with E-state index in [0.29, 0.717) is 18.3 Å². The molecule has 0 aliphatic heterocycles. The number of hydrogen-bond donors (Lipinski definition) is 1. The molecule has 1 aromatic rings. The van der Waals surface area contributed by atoms with Gasteiger partial charge >= 0.3 is 6.18 Å². The van der Waals surface area contributed by atoms with E-state index in [2.05, 4.69) is 41.7 Å². The molecule has 0 fully saturated rings. The van der Waals surface area contributed by atoms with E-state index in [0.717, 1.165) is 38.8 Å².